The molecule has 1 atom stereocenters. The number of hydrogen-bond donors (Lipinski definition) is 1. The first kappa shape index (κ1) is 14.2. The van der Waals surface area contributed by atoms with Crippen LogP contribution < -0.4 is 10.6 Å². The summed E-state index contributed by atoms with van der Waals surface area (Å²) in [5.74, 6) is 0.492. The maximum absolute atomic E-state index is 11.6. The fraction of sp³-hybridized carbons (Fsp3) is 0.429. The van der Waals surface area contributed by atoms with E-state index in [1.54, 1.807) is 18.3 Å². The van der Waals surface area contributed by atoms with Crippen molar-refractivity contribution in [3.8, 4) is 0 Å². The van der Waals surface area contributed by atoms with Gasteiger partial charge in [-0.25, -0.2) is 9.97 Å². The highest BCUT2D eigenvalue weighted by atomic mass is 32.2. The van der Waals surface area contributed by atoms with Crippen LogP contribution in [0, 0.1) is 0 Å². The normalized spacial score (nSPS) is 24.9. The summed E-state index contributed by atoms with van der Waals surface area (Å²) in [6.07, 6.45) is 5.36. The minimum absolute atomic E-state index is 0.0184. The van der Waals surface area contributed by atoms with E-state index in [0.29, 0.717) is 16.5 Å². The van der Waals surface area contributed by atoms with E-state index in [4.69, 9.17) is 5.73 Å². The molecule has 0 unspecified atom stereocenters. The number of carbonyl (C=O) groups excluding carboxylic acids is 2. The number of rotatable bonds is 2. The maximum atomic E-state index is 11.6. The average molecular weight is 304 g/mol. The zero-order valence-electron chi connectivity index (χ0n) is 11.5. The lowest BCUT2D eigenvalue weighted by Gasteiger charge is -2.30. The molecule has 1 aromatic rings. The third kappa shape index (κ3) is 3.30. The zero-order valence-corrected chi connectivity index (χ0v) is 12.3. The van der Waals surface area contributed by atoms with Gasteiger partial charge in [-0.1, -0.05) is 0 Å². The highest BCUT2D eigenvalue weighted by Crippen LogP contribution is 2.30. The molecule has 2 aliphatic rings. The number of hydrogen-bond acceptors (Lipinski definition) is 7. The average Bonchev–Trinajstić information content (AvgIpc) is 2.77. The Labute approximate surface area is 126 Å². The quantitative estimate of drug-likeness (QED) is 0.643. The van der Waals surface area contributed by atoms with Crippen molar-refractivity contribution < 1.29 is 9.59 Å². The minimum Gasteiger partial charge on any atom is -0.339 e. The molecular weight excluding hydrogens is 288 g/mol. The van der Waals surface area contributed by atoms with Gasteiger partial charge in [0.05, 0.1) is 17.0 Å². The van der Waals surface area contributed by atoms with Crippen molar-refractivity contribution in [3.63, 3.8) is 0 Å². The lowest BCUT2D eigenvalue weighted by atomic mass is 10.1. The second-order valence-corrected chi connectivity index (χ2v) is 6.31. The highest BCUT2D eigenvalue weighted by molar-refractivity contribution is 8.18. The molecule has 2 saturated heterocycles. The Hall–Kier alpha value is -1.73. The minimum atomic E-state index is -0.134. The number of piperidine rings is 1. The van der Waals surface area contributed by atoms with Crippen molar-refractivity contribution in [1.29, 1.82) is 0 Å². The molecule has 0 saturated carbocycles. The van der Waals surface area contributed by atoms with Gasteiger partial charge in [0.25, 0.3) is 0 Å². The highest BCUT2D eigenvalue weighted by Gasteiger charge is 2.26. The number of nitrogens with two attached hydrogens (primary N) is 1. The molecular formula is C14H16N4O2S. The van der Waals surface area contributed by atoms with Gasteiger partial charge in [0.1, 0.15) is 0 Å². The standard InChI is InChI=1S/C14H16N4O2S/c15-9-2-1-5-18(8-9)14-16-4-3-10(17-14)6-12-11(19)7-13(20)21-12/h3-4,6,9H,1-2,5,7-8,15H2/b12-6-/t9-/m0/s1. The van der Waals surface area contributed by atoms with E-state index in [0.717, 1.165) is 37.7 Å². The van der Waals surface area contributed by atoms with Gasteiger partial charge in [0, 0.05) is 25.3 Å². The van der Waals surface area contributed by atoms with Crippen molar-refractivity contribution in [3.05, 3.63) is 22.9 Å². The van der Waals surface area contributed by atoms with Gasteiger partial charge in [-0.2, -0.15) is 0 Å². The lowest BCUT2D eigenvalue weighted by molar-refractivity contribution is -0.119. The number of allylic oxidation sites excluding steroid dienone is 1. The number of anilines is 1. The molecule has 0 spiro atoms. The van der Waals surface area contributed by atoms with Crippen LogP contribution in [0.5, 0.6) is 0 Å². The van der Waals surface area contributed by atoms with Crippen molar-refractivity contribution in [2.75, 3.05) is 18.0 Å². The number of Topliss-reactive ketones (excluding diaryl/α,β-unsaturated/α-hetero) is 1. The van der Waals surface area contributed by atoms with Crippen LogP contribution in [-0.2, 0) is 9.59 Å². The SMILES string of the molecule is N[C@H]1CCCN(c2nccc(/C=C3\SC(=O)CC3=O)n2)C1. The fourth-order valence-corrected chi connectivity index (χ4v) is 3.28. The van der Waals surface area contributed by atoms with Crippen LogP contribution in [0.3, 0.4) is 0 Å². The van der Waals surface area contributed by atoms with E-state index in [1.165, 1.54) is 0 Å². The number of thioether (sulfide) groups is 1. The van der Waals surface area contributed by atoms with E-state index in [1.807, 2.05) is 0 Å². The molecule has 21 heavy (non-hydrogen) atoms. The predicted octanol–water partition coefficient (Wildman–Crippen LogP) is 0.978. The van der Waals surface area contributed by atoms with Gasteiger partial charge in [0.2, 0.25) is 11.1 Å². The maximum Gasteiger partial charge on any atom is 0.225 e. The Bertz CT molecular complexity index is 617. The zero-order chi connectivity index (χ0) is 14.8. The van der Waals surface area contributed by atoms with Crippen LogP contribution in [-0.4, -0.2) is 40.0 Å². The molecule has 7 heteroatoms. The van der Waals surface area contributed by atoms with Crippen LogP contribution in [0.1, 0.15) is 25.0 Å². The number of carbonyl (C=O) groups is 2. The summed E-state index contributed by atoms with van der Waals surface area (Å²) in [6, 6.07) is 1.88. The van der Waals surface area contributed by atoms with Gasteiger partial charge in [0.15, 0.2) is 5.78 Å². The van der Waals surface area contributed by atoms with Gasteiger partial charge in [-0.15, -0.1) is 0 Å². The number of ketones is 1. The van der Waals surface area contributed by atoms with E-state index in [-0.39, 0.29) is 23.4 Å². The Morgan fingerprint density at radius 2 is 2.29 bits per heavy atom. The first-order chi connectivity index (χ1) is 10.1. The van der Waals surface area contributed by atoms with E-state index in [2.05, 4.69) is 14.9 Å². The molecule has 0 bridgehead atoms. The van der Waals surface area contributed by atoms with Crippen LogP contribution in [0.25, 0.3) is 6.08 Å². The Balaban J connectivity index is 1.82. The second-order valence-electron chi connectivity index (χ2n) is 5.21. The number of aromatic nitrogens is 2. The molecule has 1 aromatic heterocycles. The molecule has 2 fully saturated rings. The third-order valence-corrected chi connectivity index (χ3v) is 4.43. The topological polar surface area (TPSA) is 89.2 Å². The monoisotopic (exact) mass is 304 g/mol. The summed E-state index contributed by atoms with van der Waals surface area (Å²) in [5, 5.41) is -0.109. The molecule has 3 heterocycles. The number of nitrogens with zero attached hydrogens (tertiary/aromatic N) is 3. The van der Waals surface area contributed by atoms with Crippen LogP contribution in [0.15, 0.2) is 17.2 Å². The second kappa shape index (κ2) is 5.95. The summed E-state index contributed by atoms with van der Waals surface area (Å²) in [7, 11) is 0. The van der Waals surface area contributed by atoms with Crippen molar-refractivity contribution in [2.24, 2.45) is 5.73 Å². The molecule has 2 aliphatic heterocycles. The van der Waals surface area contributed by atoms with Crippen LogP contribution in [0.2, 0.25) is 0 Å². The van der Waals surface area contributed by atoms with Crippen molar-refractivity contribution in [2.45, 2.75) is 25.3 Å². The van der Waals surface area contributed by atoms with Crippen LogP contribution >= 0.6 is 11.8 Å². The van der Waals surface area contributed by atoms with Gasteiger partial charge >= 0.3 is 0 Å². The van der Waals surface area contributed by atoms with Gasteiger partial charge < -0.3 is 10.6 Å². The molecule has 0 aliphatic carbocycles. The molecule has 6 nitrogen and oxygen atoms in total. The lowest BCUT2D eigenvalue weighted by Crippen LogP contribution is -2.43. The van der Waals surface area contributed by atoms with E-state index >= 15 is 0 Å². The largest absolute Gasteiger partial charge is 0.339 e. The van der Waals surface area contributed by atoms with E-state index < -0.39 is 0 Å². The molecule has 0 aromatic carbocycles. The van der Waals surface area contributed by atoms with Gasteiger partial charge in [-0.3, -0.25) is 9.59 Å². The van der Waals surface area contributed by atoms with Crippen molar-refractivity contribution >= 4 is 34.7 Å². The molecule has 0 radical (unpaired) electrons. The predicted molar refractivity (Wildman–Crippen MR) is 81.7 cm³/mol. The van der Waals surface area contributed by atoms with E-state index in [9.17, 15) is 9.59 Å². The van der Waals surface area contributed by atoms with Crippen molar-refractivity contribution in [1.82, 2.24) is 9.97 Å². The summed E-state index contributed by atoms with van der Waals surface area (Å²) < 4.78 is 0. The smallest absolute Gasteiger partial charge is 0.225 e. The third-order valence-electron chi connectivity index (χ3n) is 3.49. The van der Waals surface area contributed by atoms with Crippen LogP contribution in [0.4, 0.5) is 5.95 Å². The first-order valence-electron chi connectivity index (χ1n) is 6.91. The molecule has 0 amide bonds. The summed E-state index contributed by atoms with van der Waals surface area (Å²) >= 11 is 0.989. The molecule has 110 valence electrons. The molecule has 3 rings (SSSR count). The summed E-state index contributed by atoms with van der Waals surface area (Å²) in [5.41, 5.74) is 6.61. The summed E-state index contributed by atoms with van der Waals surface area (Å²) in [4.78, 5) is 34.1. The molecule has 2 N–H and O–H groups in total. The Kier molecular flexibility index (Phi) is 4.03. The summed E-state index contributed by atoms with van der Waals surface area (Å²) in [6.45, 7) is 1.63. The Morgan fingerprint density at radius 1 is 1.43 bits per heavy atom. The van der Waals surface area contributed by atoms with Gasteiger partial charge in [-0.05, 0) is 36.7 Å². The Morgan fingerprint density at radius 3 is 3.00 bits per heavy atom. The first-order valence-corrected chi connectivity index (χ1v) is 7.72. The fourth-order valence-electron chi connectivity index (χ4n) is 2.46.